The van der Waals surface area contributed by atoms with Crippen LogP contribution in [0.25, 0.3) is 0 Å². The highest BCUT2D eigenvalue weighted by Gasteiger charge is 2.15. The number of hydrogen-bond acceptors (Lipinski definition) is 4. The SMILES string of the molecule is COCCCSCCC(C)(N)CO. The van der Waals surface area contributed by atoms with Crippen LogP contribution in [0.1, 0.15) is 19.8 Å². The lowest BCUT2D eigenvalue weighted by Gasteiger charge is -2.20. The Kier molecular flexibility index (Phi) is 7.75. The summed E-state index contributed by atoms with van der Waals surface area (Å²) in [5.41, 5.74) is 5.36. The Morgan fingerprint density at radius 1 is 1.46 bits per heavy atom. The first-order chi connectivity index (χ1) is 6.12. The zero-order chi connectivity index (χ0) is 10.2. The molecule has 0 saturated heterocycles. The number of thioether (sulfide) groups is 1. The summed E-state index contributed by atoms with van der Waals surface area (Å²) in [6.45, 7) is 2.77. The van der Waals surface area contributed by atoms with Crippen molar-refractivity contribution in [2.75, 3.05) is 31.8 Å². The lowest BCUT2D eigenvalue weighted by molar-refractivity contribution is 0.200. The van der Waals surface area contributed by atoms with Crippen molar-refractivity contribution in [2.45, 2.75) is 25.3 Å². The van der Waals surface area contributed by atoms with E-state index in [2.05, 4.69) is 0 Å². The molecule has 0 aromatic heterocycles. The molecule has 0 aliphatic carbocycles. The molecule has 0 aromatic carbocycles. The average molecular weight is 207 g/mol. The van der Waals surface area contributed by atoms with Crippen LogP contribution in [0, 0.1) is 0 Å². The van der Waals surface area contributed by atoms with Gasteiger partial charge in [0.1, 0.15) is 0 Å². The van der Waals surface area contributed by atoms with Crippen molar-refractivity contribution in [1.82, 2.24) is 0 Å². The molecular formula is C9H21NO2S. The van der Waals surface area contributed by atoms with Crippen molar-refractivity contribution in [3.8, 4) is 0 Å². The van der Waals surface area contributed by atoms with E-state index in [1.165, 1.54) is 0 Å². The monoisotopic (exact) mass is 207 g/mol. The molecule has 80 valence electrons. The van der Waals surface area contributed by atoms with Crippen molar-refractivity contribution in [2.24, 2.45) is 5.73 Å². The van der Waals surface area contributed by atoms with Crippen LogP contribution in [0.15, 0.2) is 0 Å². The Morgan fingerprint density at radius 2 is 2.15 bits per heavy atom. The maximum atomic E-state index is 8.88. The molecule has 0 aromatic rings. The van der Waals surface area contributed by atoms with Gasteiger partial charge < -0.3 is 15.6 Å². The number of nitrogens with two attached hydrogens (primary N) is 1. The summed E-state index contributed by atoms with van der Waals surface area (Å²) >= 11 is 1.86. The van der Waals surface area contributed by atoms with Crippen LogP contribution in [-0.4, -0.2) is 42.5 Å². The highest BCUT2D eigenvalue weighted by Crippen LogP contribution is 2.11. The maximum Gasteiger partial charge on any atom is 0.0608 e. The second-order valence-electron chi connectivity index (χ2n) is 3.52. The highest BCUT2D eigenvalue weighted by molar-refractivity contribution is 7.99. The summed E-state index contributed by atoms with van der Waals surface area (Å²) in [4.78, 5) is 0. The largest absolute Gasteiger partial charge is 0.394 e. The third-order valence-corrected chi connectivity index (χ3v) is 2.89. The molecule has 0 fully saturated rings. The van der Waals surface area contributed by atoms with E-state index < -0.39 is 5.54 Å². The number of aliphatic hydroxyl groups is 1. The molecule has 0 aliphatic heterocycles. The van der Waals surface area contributed by atoms with E-state index in [0.29, 0.717) is 0 Å². The molecule has 0 amide bonds. The van der Waals surface area contributed by atoms with E-state index in [4.69, 9.17) is 15.6 Å². The fourth-order valence-electron chi connectivity index (χ4n) is 0.792. The summed E-state index contributed by atoms with van der Waals surface area (Å²) in [7, 11) is 1.72. The van der Waals surface area contributed by atoms with Gasteiger partial charge in [0, 0.05) is 19.3 Å². The van der Waals surface area contributed by atoms with E-state index in [1.54, 1.807) is 7.11 Å². The zero-order valence-corrected chi connectivity index (χ0v) is 9.40. The first kappa shape index (κ1) is 13.2. The first-order valence-electron chi connectivity index (χ1n) is 4.59. The molecule has 13 heavy (non-hydrogen) atoms. The molecular weight excluding hydrogens is 186 g/mol. The Labute approximate surface area is 85.0 Å². The zero-order valence-electron chi connectivity index (χ0n) is 8.58. The predicted octanol–water partition coefficient (Wildman–Crippen LogP) is 0.856. The lowest BCUT2D eigenvalue weighted by atomic mass is 10.0. The van der Waals surface area contributed by atoms with Crippen LogP contribution in [0.4, 0.5) is 0 Å². The Balaban J connectivity index is 3.16. The minimum Gasteiger partial charge on any atom is -0.394 e. The van der Waals surface area contributed by atoms with Crippen LogP contribution in [0.2, 0.25) is 0 Å². The third-order valence-electron chi connectivity index (χ3n) is 1.82. The van der Waals surface area contributed by atoms with E-state index in [0.717, 1.165) is 31.0 Å². The van der Waals surface area contributed by atoms with Crippen LogP contribution < -0.4 is 5.73 Å². The standard InChI is InChI=1S/C9H21NO2S/c1-9(10,8-11)4-7-13-6-3-5-12-2/h11H,3-8,10H2,1-2H3. The van der Waals surface area contributed by atoms with Gasteiger partial charge in [-0.05, 0) is 31.3 Å². The first-order valence-corrected chi connectivity index (χ1v) is 5.74. The van der Waals surface area contributed by atoms with Gasteiger partial charge in [-0.25, -0.2) is 0 Å². The molecule has 3 N–H and O–H groups in total. The molecule has 0 bridgehead atoms. The van der Waals surface area contributed by atoms with Crippen molar-refractivity contribution in [1.29, 1.82) is 0 Å². The van der Waals surface area contributed by atoms with Crippen molar-refractivity contribution in [3.05, 3.63) is 0 Å². The molecule has 1 atom stereocenters. The van der Waals surface area contributed by atoms with Crippen LogP contribution >= 0.6 is 11.8 Å². The predicted molar refractivity (Wildman–Crippen MR) is 58.1 cm³/mol. The van der Waals surface area contributed by atoms with Gasteiger partial charge in [-0.2, -0.15) is 11.8 Å². The Bertz CT molecular complexity index is 120. The normalized spacial score (nSPS) is 15.7. The van der Waals surface area contributed by atoms with Gasteiger partial charge in [-0.15, -0.1) is 0 Å². The molecule has 1 unspecified atom stereocenters. The number of methoxy groups -OCH3 is 1. The van der Waals surface area contributed by atoms with Gasteiger partial charge in [-0.3, -0.25) is 0 Å². The van der Waals surface area contributed by atoms with Crippen LogP contribution in [0.3, 0.4) is 0 Å². The molecule has 0 rings (SSSR count). The smallest absolute Gasteiger partial charge is 0.0608 e. The highest BCUT2D eigenvalue weighted by atomic mass is 32.2. The molecule has 0 heterocycles. The molecule has 4 heteroatoms. The number of rotatable bonds is 8. The second-order valence-corrected chi connectivity index (χ2v) is 4.75. The van der Waals surface area contributed by atoms with Crippen LogP contribution in [-0.2, 0) is 4.74 Å². The summed E-state index contributed by atoms with van der Waals surface area (Å²) < 4.78 is 4.93. The molecule has 0 radical (unpaired) electrons. The number of ether oxygens (including phenoxy) is 1. The summed E-state index contributed by atoms with van der Waals surface area (Å²) in [5, 5.41) is 8.88. The Morgan fingerprint density at radius 3 is 2.69 bits per heavy atom. The van der Waals surface area contributed by atoms with Crippen molar-refractivity contribution >= 4 is 11.8 Å². The lowest BCUT2D eigenvalue weighted by Crippen LogP contribution is -2.40. The number of hydrogen-bond donors (Lipinski definition) is 2. The van der Waals surface area contributed by atoms with E-state index in [-0.39, 0.29) is 6.61 Å². The van der Waals surface area contributed by atoms with Gasteiger partial charge in [-0.1, -0.05) is 0 Å². The summed E-state index contributed by atoms with van der Waals surface area (Å²) in [5.74, 6) is 2.12. The van der Waals surface area contributed by atoms with E-state index in [1.807, 2.05) is 18.7 Å². The fourth-order valence-corrected chi connectivity index (χ4v) is 1.93. The van der Waals surface area contributed by atoms with Crippen molar-refractivity contribution < 1.29 is 9.84 Å². The van der Waals surface area contributed by atoms with Crippen molar-refractivity contribution in [3.63, 3.8) is 0 Å². The third kappa shape index (κ3) is 8.56. The van der Waals surface area contributed by atoms with Gasteiger partial charge in [0.25, 0.3) is 0 Å². The Hall–Kier alpha value is 0.230. The van der Waals surface area contributed by atoms with E-state index >= 15 is 0 Å². The van der Waals surface area contributed by atoms with Gasteiger partial charge in [0.05, 0.1) is 6.61 Å². The van der Waals surface area contributed by atoms with Gasteiger partial charge >= 0.3 is 0 Å². The summed E-state index contributed by atoms with van der Waals surface area (Å²) in [6.07, 6.45) is 1.95. The average Bonchev–Trinajstić information content (AvgIpc) is 2.11. The molecule has 0 saturated carbocycles. The second kappa shape index (κ2) is 7.62. The minimum atomic E-state index is -0.408. The molecule has 0 aliphatic rings. The summed E-state index contributed by atoms with van der Waals surface area (Å²) in [6, 6.07) is 0. The van der Waals surface area contributed by atoms with Gasteiger partial charge in [0.15, 0.2) is 0 Å². The topological polar surface area (TPSA) is 55.5 Å². The maximum absolute atomic E-state index is 8.88. The molecule has 3 nitrogen and oxygen atoms in total. The number of aliphatic hydroxyl groups excluding tert-OH is 1. The van der Waals surface area contributed by atoms with Crippen LogP contribution in [0.5, 0.6) is 0 Å². The quantitative estimate of drug-likeness (QED) is 0.580. The van der Waals surface area contributed by atoms with Gasteiger partial charge in [0.2, 0.25) is 0 Å². The molecule has 0 spiro atoms. The minimum absolute atomic E-state index is 0.0611. The van der Waals surface area contributed by atoms with E-state index in [9.17, 15) is 0 Å². The fraction of sp³-hybridized carbons (Fsp3) is 1.00.